The number of hydrogen-bond donors (Lipinski definition) is 2. The minimum absolute atomic E-state index is 0.00320. The average molecular weight is 373 g/mol. The third-order valence-corrected chi connectivity index (χ3v) is 4.42. The van der Waals surface area contributed by atoms with Gasteiger partial charge in [-0.1, -0.05) is 6.58 Å². The highest BCUT2D eigenvalue weighted by atomic mass is 31.1. The molecule has 2 heterocycles. The van der Waals surface area contributed by atoms with Crippen molar-refractivity contribution in [3.63, 3.8) is 0 Å². The predicted octanol–water partition coefficient (Wildman–Crippen LogP) is 0.939. The van der Waals surface area contributed by atoms with E-state index in [0.29, 0.717) is 24.2 Å². The third-order valence-electron chi connectivity index (χ3n) is 4.05. The molecule has 0 aromatic rings. The van der Waals surface area contributed by atoms with Gasteiger partial charge < -0.3 is 24.5 Å². The van der Waals surface area contributed by atoms with Crippen LogP contribution in [0.25, 0.3) is 0 Å². The summed E-state index contributed by atoms with van der Waals surface area (Å²) < 4.78 is 26.6. The van der Waals surface area contributed by atoms with E-state index in [2.05, 4.69) is 11.9 Å². The van der Waals surface area contributed by atoms with Crippen LogP contribution in [0.15, 0.2) is 24.2 Å². The van der Waals surface area contributed by atoms with Gasteiger partial charge in [-0.2, -0.15) is 0 Å². The van der Waals surface area contributed by atoms with Crippen LogP contribution in [0, 0.1) is 0 Å². The van der Waals surface area contributed by atoms with Gasteiger partial charge >= 0.3 is 8.25 Å². The molecule has 138 valence electrons. The van der Waals surface area contributed by atoms with Gasteiger partial charge in [0.2, 0.25) is 0 Å². The number of ether oxygens (including phenoxy) is 2. The maximum Gasteiger partial charge on any atom is 0.694 e. The molecule has 0 aromatic carbocycles. The predicted molar refractivity (Wildman–Crippen MR) is 87.0 cm³/mol. The average Bonchev–Trinajstić information content (AvgIpc) is 2.95. The van der Waals surface area contributed by atoms with E-state index in [1.54, 1.807) is 11.1 Å². The van der Waals surface area contributed by atoms with Crippen molar-refractivity contribution >= 4 is 19.9 Å². The van der Waals surface area contributed by atoms with Crippen LogP contribution in [0.2, 0.25) is 0 Å². The number of amides is 1. The van der Waals surface area contributed by atoms with Gasteiger partial charge in [0.15, 0.2) is 0 Å². The molecule has 0 aromatic heterocycles. The molecule has 2 aliphatic rings. The Morgan fingerprint density at radius 1 is 1.60 bits per heavy atom. The van der Waals surface area contributed by atoms with E-state index in [1.165, 1.54) is 14.0 Å². The zero-order valence-electron chi connectivity index (χ0n) is 14.1. The number of nitrogens with zero attached hydrogens (tertiary/aromatic N) is 1. The maximum atomic E-state index is 12.0. The minimum Gasteiger partial charge on any atom is -0.378 e. The van der Waals surface area contributed by atoms with E-state index < -0.39 is 20.6 Å². The van der Waals surface area contributed by atoms with E-state index in [1.807, 2.05) is 0 Å². The SMILES string of the molecule is C=C1NC(=O)C(CCC(C)=O)=CN1C1CC(OC)C(CO[P+](=O)O)O1. The first-order chi connectivity index (χ1) is 11.8. The molecule has 0 saturated carbocycles. The number of nitrogens with one attached hydrogen (secondary N) is 1. The third kappa shape index (κ3) is 5.17. The quantitative estimate of drug-likeness (QED) is 0.604. The Kier molecular flexibility index (Phi) is 6.80. The van der Waals surface area contributed by atoms with Crippen LogP contribution in [0.3, 0.4) is 0 Å². The Morgan fingerprint density at radius 3 is 2.92 bits per heavy atom. The van der Waals surface area contributed by atoms with Crippen molar-refractivity contribution in [1.82, 2.24) is 10.2 Å². The highest BCUT2D eigenvalue weighted by Crippen LogP contribution is 2.31. The molecular formula is C15H22N2O7P+. The van der Waals surface area contributed by atoms with Gasteiger partial charge in [-0.25, -0.2) is 0 Å². The fourth-order valence-corrected chi connectivity index (χ4v) is 3.01. The molecule has 1 saturated heterocycles. The van der Waals surface area contributed by atoms with Gasteiger partial charge in [0, 0.05) is 36.3 Å². The summed E-state index contributed by atoms with van der Waals surface area (Å²) in [4.78, 5) is 33.6. The summed E-state index contributed by atoms with van der Waals surface area (Å²) in [7, 11) is -1.20. The van der Waals surface area contributed by atoms with Crippen LogP contribution in [-0.2, 0) is 28.2 Å². The molecule has 1 amide bonds. The number of carbonyl (C=O) groups is 2. The number of rotatable bonds is 8. The Hall–Kier alpha value is -1.64. The van der Waals surface area contributed by atoms with Gasteiger partial charge in [-0.15, -0.1) is 9.42 Å². The first-order valence-corrected chi connectivity index (χ1v) is 8.91. The highest BCUT2D eigenvalue weighted by molar-refractivity contribution is 7.32. The molecule has 4 unspecified atom stereocenters. The lowest BCUT2D eigenvalue weighted by atomic mass is 10.1. The fourth-order valence-electron chi connectivity index (χ4n) is 2.73. The number of Topliss-reactive ketones (excluding diaryl/α,β-unsaturated/α-hetero) is 1. The Balaban J connectivity index is 2.09. The summed E-state index contributed by atoms with van der Waals surface area (Å²) >= 11 is 0. The largest absolute Gasteiger partial charge is 0.694 e. The summed E-state index contributed by atoms with van der Waals surface area (Å²) in [6.45, 7) is 5.20. The van der Waals surface area contributed by atoms with Crippen molar-refractivity contribution < 1.29 is 33.0 Å². The Morgan fingerprint density at radius 2 is 2.32 bits per heavy atom. The molecule has 0 radical (unpaired) electrons. The minimum atomic E-state index is -2.72. The Bertz CT molecular complexity index is 607. The maximum absolute atomic E-state index is 12.0. The molecule has 0 spiro atoms. The monoisotopic (exact) mass is 373 g/mol. The van der Waals surface area contributed by atoms with Crippen molar-refractivity contribution in [2.75, 3.05) is 13.7 Å². The second-order valence-corrected chi connectivity index (χ2v) is 6.57. The number of hydrogen-bond acceptors (Lipinski definition) is 7. The van der Waals surface area contributed by atoms with Crippen molar-refractivity contribution in [3.05, 3.63) is 24.2 Å². The smallest absolute Gasteiger partial charge is 0.378 e. The molecule has 1 fully saturated rings. The van der Waals surface area contributed by atoms with Crippen LogP contribution in [0.4, 0.5) is 0 Å². The van der Waals surface area contributed by atoms with Gasteiger partial charge in [0.25, 0.3) is 5.91 Å². The van der Waals surface area contributed by atoms with Crippen molar-refractivity contribution in [2.45, 2.75) is 44.6 Å². The van der Waals surface area contributed by atoms with Gasteiger partial charge in [0.1, 0.15) is 30.5 Å². The molecule has 0 aliphatic carbocycles. The van der Waals surface area contributed by atoms with E-state index in [9.17, 15) is 14.2 Å². The normalized spacial score (nSPS) is 27.2. The molecule has 9 nitrogen and oxygen atoms in total. The van der Waals surface area contributed by atoms with Crippen molar-refractivity contribution in [3.8, 4) is 0 Å². The number of carbonyl (C=O) groups excluding carboxylic acids is 2. The van der Waals surface area contributed by atoms with Crippen molar-refractivity contribution in [1.29, 1.82) is 0 Å². The molecule has 2 aliphatic heterocycles. The molecular weight excluding hydrogens is 351 g/mol. The van der Waals surface area contributed by atoms with Crippen LogP contribution in [0.1, 0.15) is 26.2 Å². The molecule has 2 N–H and O–H groups in total. The zero-order valence-corrected chi connectivity index (χ0v) is 15.0. The van der Waals surface area contributed by atoms with Crippen LogP contribution < -0.4 is 5.32 Å². The van der Waals surface area contributed by atoms with Gasteiger partial charge in [-0.05, 0) is 13.3 Å². The summed E-state index contributed by atoms with van der Waals surface area (Å²) in [5.74, 6) is 0.0590. The summed E-state index contributed by atoms with van der Waals surface area (Å²) in [5, 5.41) is 2.65. The second kappa shape index (κ2) is 8.64. The Labute approximate surface area is 146 Å². The van der Waals surface area contributed by atoms with Gasteiger partial charge in [-0.3, -0.25) is 4.79 Å². The van der Waals surface area contributed by atoms with Gasteiger partial charge in [0.05, 0.1) is 6.10 Å². The topological polar surface area (TPSA) is 114 Å². The molecule has 25 heavy (non-hydrogen) atoms. The fraction of sp³-hybridized carbons (Fsp3) is 0.600. The van der Waals surface area contributed by atoms with E-state index in [0.717, 1.165) is 0 Å². The highest BCUT2D eigenvalue weighted by Gasteiger charge is 2.41. The number of methoxy groups -OCH3 is 1. The molecule has 10 heteroatoms. The van der Waals surface area contributed by atoms with Crippen molar-refractivity contribution in [2.24, 2.45) is 0 Å². The standard InChI is InChI=1S/C15H21N2O7P/c1-9(18)4-5-11-7-17(10(2)16-15(11)19)14-6-12(22-3)13(24-14)8-23-25(20)21/h7,12-14H,2,4-6,8H2,1,3H3,(H-,16,19,20,21)/p+1. The summed E-state index contributed by atoms with van der Waals surface area (Å²) in [5.41, 5.74) is 0.457. The zero-order chi connectivity index (χ0) is 18.6. The van der Waals surface area contributed by atoms with Crippen LogP contribution in [0.5, 0.6) is 0 Å². The van der Waals surface area contributed by atoms with Crippen LogP contribution >= 0.6 is 8.25 Å². The van der Waals surface area contributed by atoms with E-state index >= 15 is 0 Å². The summed E-state index contributed by atoms with van der Waals surface area (Å²) in [6.07, 6.45) is 1.33. The number of ketones is 1. The lowest BCUT2D eigenvalue weighted by Gasteiger charge is -2.33. The molecule has 0 bridgehead atoms. The first kappa shape index (κ1) is 19.7. The summed E-state index contributed by atoms with van der Waals surface area (Å²) in [6, 6.07) is 0. The molecule has 2 rings (SSSR count). The lowest BCUT2D eigenvalue weighted by molar-refractivity contribution is -0.119. The molecule has 4 atom stereocenters. The second-order valence-electron chi connectivity index (χ2n) is 5.84. The van der Waals surface area contributed by atoms with E-state index in [4.69, 9.17) is 18.9 Å². The van der Waals surface area contributed by atoms with E-state index in [-0.39, 0.29) is 30.8 Å². The first-order valence-electron chi connectivity index (χ1n) is 7.77. The lowest BCUT2D eigenvalue weighted by Crippen LogP contribution is -2.43. The van der Waals surface area contributed by atoms with Crippen LogP contribution in [-0.4, -0.2) is 53.6 Å².